The van der Waals surface area contributed by atoms with Crippen molar-refractivity contribution in [2.75, 3.05) is 13.6 Å². The van der Waals surface area contributed by atoms with E-state index in [2.05, 4.69) is 17.3 Å². The predicted molar refractivity (Wildman–Crippen MR) is 111 cm³/mol. The summed E-state index contributed by atoms with van der Waals surface area (Å²) >= 11 is 0. The van der Waals surface area contributed by atoms with E-state index in [0.717, 1.165) is 30.8 Å². The third-order valence-electron chi connectivity index (χ3n) is 7.01. The normalized spacial score (nSPS) is 27.2. The summed E-state index contributed by atoms with van der Waals surface area (Å²) in [5.41, 5.74) is 4.53. The maximum atomic E-state index is 13.3. The molecule has 4 atom stereocenters. The van der Waals surface area contributed by atoms with E-state index < -0.39 is 0 Å². The Morgan fingerprint density at radius 2 is 1.90 bits per heavy atom. The molecule has 5 nitrogen and oxygen atoms in total. The van der Waals surface area contributed by atoms with Crippen LogP contribution in [0.15, 0.2) is 24.3 Å². The van der Waals surface area contributed by atoms with E-state index in [4.69, 9.17) is 0 Å². The van der Waals surface area contributed by atoms with Crippen molar-refractivity contribution in [3.63, 3.8) is 0 Å². The first-order chi connectivity index (χ1) is 13.9. The Labute approximate surface area is 172 Å². The van der Waals surface area contributed by atoms with Gasteiger partial charge in [0.05, 0.1) is 11.7 Å². The summed E-state index contributed by atoms with van der Waals surface area (Å²) in [4.78, 5) is 14.4. The number of rotatable bonds is 5. The van der Waals surface area contributed by atoms with Gasteiger partial charge in [0.1, 0.15) is 5.82 Å². The van der Waals surface area contributed by atoms with E-state index in [1.807, 2.05) is 42.7 Å². The lowest BCUT2D eigenvalue weighted by atomic mass is 9.90. The van der Waals surface area contributed by atoms with Gasteiger partial charge in [0.15, 0.2) is 0 Å². The number of halogens is 1. The van der Waals surface area contributed by atoms with Gasteiger partial charge in [-0.05, 0) is 50.3 Å². The Bertz CT molecular complexity index is 891. The van der Waals surface area contributed by atoms with Crippen molar-refractivity contribution >= 4 is 5.91 Å². The minimum Gasteiger partial charge on any atom is -0.338 e. The number of carbonyl (C=O) groups excluding carboxylic acids is 1. The first kappa shape index (κ1) is 20.1. The maximum absolute atomic E-state index is 13.3. The Hall–Kier alpha value is -2.21. The van der Waals surface area contributed by atoms with E-state index in [1.165, 1.54) is 17.5 Å². The fourth-order valence-corrected chi connectivity index (χ4v) is 5.40. The second-order valence-electron chi connectivity index (χ2n) is 8.73. The van der Waals surface area contributed by atoms with Crippen LogP contribution < -0.4 is 5.32 Å². The first-order valence-corrected chi connectivity index (χ1v) is 10.6. The molecule has 1 saturated carbocycles. The summed E-state index contributed by atoms with van der Waals surface area (Å²) in [6.07, 6.45) is 3.98. The fourth-order valence-electron chi connectivity index (χ4n) is 5.40. The molecular formula is C23H31FN4O. The molecule has 2 fully saturated rings. The summed E-state index contributed by atoms with van der Waals surface area (Å²) in [5, 5.41) is 8.35. The van der Waals surface area contributed by atoms with Crippen LogP contribution >= 0.6 is 0 Å². The van der Waals surface area contributed by atoms with Crippen LogP contribution in [0.3, 0.4) is 0 Å². The molecule has 6 heteroatoms. The van der Waals surface area contributed by atoms with Gasteiger partial charge in [0.25, 0.3) is 0 Å². The third kappa shape index (κ3) is 3.70. The van der Waals surface area contributed by atoms with Crippen molar-refractivity contribution in [2.24, 2.45) is 13.0 Å². The molecule has 2 aromatic rings. The number of hydrogen-bond acceptors (Lipinski definition) is 3. The zero-order valence-corrected chi connectivity index (χ0v) is 17.8. The van der Waals surface area contributed by atoms with Crippen LogP contribution in [-0.2, 0) is 11.8 Å². The number of nitrogens with zero attached hydrogens (tertiary/aromatic N) is 3. The smallest absolute Gasteiger partial charge is 0.223 e. The highest BCUT2D eigenvalue weighted by atomic mass is 19.1. The summed E-state index contributed by atoms with van der Waals surface area (Å²) in [6.45, 7) is 4.92. The molecule has 1 aromatic carbocycles. The molecule has 0 unspecified atom stereocenters. The molecule has 0 spiro atoms. The van der Waals surface area contributed by atoms with Gasteiger partial charge in [-0.2, -0.15) is 5.10 Å². The molecule has 1 amide bonds. The van der Waals surface area contributed by atoms with E-state index in [1.54, 1.807) is 12.1 Å². The molecule has 4 rings (SSSR count). The first-order valence-electron chi connectivity index (χ1n) is 10.6. The molecule has 1 N–H and O–H groups in total. The number of hydrogen-bond donors (Lipinski definition) is 1. The van der Waals surface area contributed by atoms with Gasteiger partial charge in [0, 0.05) is 50.3 Å². The van der Waals surface area contributed by atoms with Crippen LogP contribution in [-0.4, -0.2) is 40.2 Å². The lowest BCUT2D eigenvalue weighted by Crippen LogP contribution is -2.37. The number of aromatic nitrogens is 2. The summed E-state index contributed by atoms with van der Waals surface area (Å²) in [6, 6.07) is 7.38. The van der Waals surface area contributed by atoms with Crippen LogP contribution in [0.1, 0.15) is 60.2 Å². The third-order valence-corrected chi connectivity index (χ3v) is 7.01. The Balaban J connectivity index is 1.50. The standard InChI is InChI=1S/C23H31FN4O/c1-14-22(15(2)28(4)26-14)23-17(12-21(29)27(23)3)13-25-20-7-5-6-19(20)16-8-10-18(24)11-9-16/h8-11,17,19-20,23,25H,5-7,12-13H2,1-4H3/t17-,19+,20+,23+/m0/s1. The highest BCUT2D eigenvalue weighted by molar-refractivity contribution is 5.79. The largest absolute Gasteiger partial charge is 0.338 e. The second kappa shape index (κ2) is 7.90. The average molecular weight is 399 g/mol. The molecule has 156 valence electrons. The van der Waals surface area contributed by atoms with Gasteiger partial charge in [-0.3, -0.25) is 9.48 Å². The predicted octanol–water partition coefficient (Wildman–Crippen LogP) is 3.62. The molecule has 1 saturated heterocycles. The summed E-state index contributed by atoms with van der Waals surface area (Å²) in [5.74, 6) is 0.647. The Morgan fingerprint density at radius 3 is 2.55 bits per heavy atom. The number of benzene rings is 1. The molecule has 2 aliphatic rings. The van der Waals surface area contributed by atoms with E-state index in [-0.39, 0.29) is 23.7 Å². The molecular weight excluding hydrogens is 367 g/mol. The highest BCUT2D eigenvalue weighted by Gasteiger charge is 2.41. The minimum atomic E-state index is -0.186. The molecule has 0 radical (unpaired) electrons. The van der Waals surface area contributed by atoms with Gasteiger partial charge < -0.3 is 10.2 Å². The monoisotopic (exact) mass is 398 g/mol. The van der Waals surface area contributed by atoms with Gasteiger partial charge in [-0.15, -0.1) is 0 Å². The van der Waals surface area contributed by atoms with E-state index in [9.17, 15) is 9.18 Å². The van der Waals surface area contributed by atoms with Crippen molar-refractivity contribution in [3.8, 4) is 0 Å². The van der Waals surface area contributed by atoms with Crippen molar-refractivity contribution in [2.45, 2.75) is 57.5 Å². The molecule has 2 heterocycles. The summed E-state index contributed by atoms with van der Waals surface area (Å²) < 4.78 is 15.2. The van der Waals surface area contributed by atoms with Crippen LogP contribution in [0, 0.1) is 25.6 Å². The fraction of sp³-hybridized carbons (Fsp3) is 0.565. The van der Waals surface area contributed by atoms with Crippen LogP contribution in [0.5, 0.6) is 0 Å². The zero-order valence-electron chi connectivity index (χ0n) is 17.8. The van der Waals surface area contributed by atoms with Crippen molar-refractivity contribution < 1.29 is 9.18 Å². The van der Waals surface area contributed by atoms with Gasteiger partial charge >= 0.3 is 0 Å². The van der Waals surface area contributed by atoms with Crippen LogP contribution in [0.2, 0.25) is 0 Å². The van der Waals surface area contributed by atoms with Crippen molar-refractivity contribution in [1.29, 1.82) is 0 Å². The van der Waals surface area contributed by atoms with Crippen LogP contribution in [0.25, 0.3) is 0 Å². The molecule has 0 bridgehead atoms. The minimum absolute atomic E-state index is 0.0642. The van der Waals surface area contributed by atoms with Gasteiger partial charge in [0.2, 0.25) is 5.91 Å². The molecule has 1 aliphatic carbocycles. The number of carbonyl (C=O) groups is 1. The molecule has 1 aliphatic heterocycles. The second-order valence-corrected chi connectivity index (χ2v) is 8.73. The maximum Gasteiger partial charge on any atom is 0.223 e. The SMILES string of the molecule is Cc1nn(C)c(C)c1[C@H]1[C@H](CN[C@@H]2CCC[C@@H]2c2ccc(F)cc2)CC(=O)N1C. The zero-order chi connectivity index (χ0) is 20.7. The van der Waals surface area contributed by atoms with E-state index >= 15 is 0 Å². The number of amides is 1. The Morgan fingerprint density at radius 1 is 1.17 bits per heavy atom. The molecule has 1 aromatic heterocycles. The number of aryl methyl sites for hydroxylation is 2. The average Bonchev–Trinajstić information content (AvgIpc) is 3.33. The van der Waals surface area contributed by atoms with Crippen LogP contribution in [0.4, 0.5) is 4.39 Å². The van der Waals surface area contributed by atoms with E-state index in [0.29, 0.717) is 18.4 Å². The lowest BCUT2D eigenvalue weighted by Gasteiger charge is -2.28. The molecule has 29 heavy (non-hydrogen) atoms. The quantitative estimate of drug-likeness (QED) is 0.837. The van der Waals surface area contributed by atoms with Gasteiger partial charge in [-0.25, -0.2) is 4.39 Å². The lowest BCUT2D eigenvalue weighted by molar-refractivity contribution is -0.127. The summed E-state index contributed by atoms with van der Waals surface area (Å²) in [7, 11) is 3.87. The van der Waals surface area contributed by atoms with Crippen molar-refractivity contribution in [1.82, 2.24) is 20.0 Å². The topological polar surface area (TPSA) is 50.2 Å². The van der Waals surface area contributed by atoms with Gasteiger partial charge in [-0.1, -0.05) is 18.6 Å². The Kier molecular flexibility index (Phi) is 5.47. The van der Waals surface area contributed by atoms with Crippen molar-refractivity contribution in [3.05, 3.63) is 52.6 Å². The number of nitrogens with one attached hydrogen (secondary N) is 1. The number of likely N-dealkylation sites (tertiary alicyclic amines) is 1. The highest BCUT2D eigenvalue weighted by Crippen LogP contribution is 2.40.